The van der Waals surface area contributed by atoms with Crippen molar-refractivity contribution in [2.24, 2.45) is 0 Å². The molecule has 1 atom stereocenters. The number of fused-ring (bicyclic) bond motifs is 3. The van der Waals surface area contributed by atoms with Gasteiger partial charge in [-0.05, 0) is 42.0 Å². The summed E-state index contributed by atoms with van der Waals surface area (Å²) in [5.74, 6) is 0.752. The highest BCUT2D eigenvalue weighted by molar-refractivity contribution is 7.71. The Morgan fingerprint density at radius 1 is 1.33 bits per heavy atom. The van der Waals surface area contributed by atoms with Gasteiger partial charge in [-0.1, -0.05) is 0 Å². The van der Waals surface area contributed by atoms with E-state index < -0.39 is 0 Å². The summed E-state index contributed by atoms with van der Waals surface area (Å²) in [6.07, 6.45) is 0.934. The van der Waals surface area contributed by atoms with Crippen molar-refractivity contribution in [2.45, 2.75) is 13.0 Å². The van der Waals surface area contributed by atoms with Gasteiger partial charge >= 0.3 is 0 Å². The second-order valence-corrected chi connectivity index (χ2v) is 7.60. The van der Waals surface area contributed by atoms with Crippen molar-refractivity contribution in [2.75, 3.05) is 20.7 Å². The van der Waals surface area contributed by atoms with Gasteiger partial charge in [-0.25, -0.2) is 0 Å². The van der Waals surface area contributed by atoms with E-state index in [4.69, 9.17) is 17.0 Å². The van der Waals surface area contributed by atoms with Gasteiger partial charge in [0.25, 0.3) is 5.56 Å². The van der Waals surface area contributed by atoms with Crippen molar-refractivity contribution < 1.29 is 9.64 Å². The molecule has 124 valence electrons. The lowest BCUT2D eigenvalue weighted by Crippen LogP contribution is -3.08. The number of ether oxygens (including phenoxy) is 1. The van der Waals surface area contributed by atoms with Crippen LogP contribution in [0.5, 0.6) is 5.75 Å². The Hall–Kier alpha value is -1.96. The number of H-pyrrole nitrogens is 1. The SMILES string of the molecule is COc1ccc(-n2c(=S)[nH]c3sc4c(c3c2=O)CC[NH+](C)C4)cc1. The quantitative estimate of drug-likeness (QED) is 0.684. The second kappa shape index (κ2) is 5.84. The molecule has 0 amide bonds. The van der Waals surface area contributed by atoms with Crippen molar-refractivity contribution in [3.05, 3.63) is 49.8 Å². The smallest absolute Gasteiger partial charge is 0.267 e. The lowest BCUT2D eigenvalue weighted by molar-refractivity contribution is -0.895. The number of rotatable bonds is 2. The minimum absolute atomic E-state index is 0.0315. The number of thiophene rings is 1. The van der Waals surface area contributed by atoms with Crippen LogP contribution in [-0.4, -0.2) is 30.3 Å². The number of nitrogens with one attached hydrogen (secondary N) is 2. The van der Waals surface area contributed by atoms with Crippen LogP contribution in [0.15, 0.2) is 29.1 Å². The molecule has 1 aliphatic rings. The number of aromatic amines is 1. The summed E-state index contributed by atoms with van der Waals surface area (Å²) in [4.78, 5) is 20.1. The predicted molar refractivity (Wildman–Crippen MR) is 98.3 cm³/mol. The normalized spacial score (nSPS) is 17.0. The molecular formula is C17H18N3O2S2+. The molecule has 0 radical (unpaired) electrons. The lowest BCUT2D eigenvalue weighted by Gasteiger charge is -2.19. The summed E-state index contributed by atoms with van der Waals surface area (Å²) in [5.41, 5.74) is 1.91. The van der Waals surface area contributed by atoms with Gasteiger partial charge in [-0.2, -0.15) is 0 Å². The molecule has 1 aromatic carbocycles. The molecule has 7 heteroatoms. The van der Waals surface area contributed by atoms with Crippen LogP contribution in [0.4, 0.5) is 0 Å². The van der Waals surface area contributed by atoms with Crippen molar-refractivity contribution in [3.63, 3.8) is 0 Å². The molecule has 0 saturated carbocycles. The molecule has 0 fully saturated rings. The molecule has 1 unspecified atom stereocenters. The van der Waals surface area contributed by atoms with E-state index in [1.165, 1.54) is 15.3 Å². The molecule has 0 aliphatic carbocycles. The highest BCUT2D eigenvalue weighted by Gasteiger charge is 2.24. The average Bonchev–Trinajstić information content (AvgIpc) is 2.92. The minimum Gasteiger partial charge on any atom is -0.497 e. The topological polar surface area (TPSA) is 51.5 Å². The van der Waals surface area contributed by atoms with Crippen molar-refractivity contribution in [1.82, 2.24) is 9.55 Å². The van der Waals surface area contributed by atoms with E-state index in [2.05, 4.69) is 12.0 Å². The minimum atomic E-state index is -0.0315. The number of aromatic nitrogens is 2. The third-order valence-corrected chi connectivity index (χ3v) is 5.96. The molecule has 0 bridgehead atoms. The number of nitrogens with zero attached hydrogens (tertiary/aromatic N) is 1. The van der Waals surface area contributed by atoms with E-state index in [9.17, 15) is 4.79 Å². The number of hydrogen-bond donors (Lipinski definition) is 2. The second-order valence-electron chi connectivity index (χ2n) is 6.11. The van der Waals surface area contributed by atoms with Gasteiger partial charge in [0.05, 0.1) is 36.7 Å². The number of likely N-dealkylation sites (N-methyl/N-ethyl adjacent to an activating group) is 1. The highest BCUT2D eigenvalue weighted by atomic mass is 32.1. The first kappa shape index (κ1) is 15.6. The third kappa shape index (κ3) is 2.40. The van der Waals surface area contributed by atoms with Crippen LogP contribution in [0.3, 0.4) is 0 Å². The lowest BCUT2D eigenvalue weighted by atomic mass is 10.1. The van der Waals surface area contributed by atoms with Crippen molar-refractivity contribution in [1.29, 1.82) is 0 Å². The fourth-order valence-corrected chi connectivity index (χ4v) is 4.96. The van der Waals surface area contributed by atoms with Gasteiger partial charge in [0, 0.05) is 6.42 Å². The van der Waals surface area contributed by atoms with Crippen molar-refractivity contribution >= 4 is 33.8 Å². The molecule has 4 rings (SSSR count). The summed E-state index contributed by atoms with van der Waals surface area (Å²) in [5, 5.41) is 0.798. The summed E-state index contributed by atoms with van der Waals surface area (Å²) >= 11 is 7.12. The maximum Gasteiger partial charge on any atom is 0.267 e. The van der Waals surface area contributed by atoms with E-state index in [0.29, 0.717) is 4.77 Å². The summed E-state index contributed by atoms with van der Waals surface area (Å²) < 4.78 is 7.19. The summed E-state index contributed by atoms with van der Waals surface area (Å²) in [7, 11) is 3.81. The molecule has 1 aliphatic heterocycles. The monoisotopic (exact) mass is 360 g/mol. The molecule has 0 saturated heterocycles. The molecule has 24 heavy (non-hydrogen) atoms. The first-order chi connectivity index (χ1) is 11.6. The molecule has 2 N–H and O–H groups in total. The Kier molecular flexibility index (Phi) is 3.79. The zero-order valence-electron chi connectivity index (χ0n) is 13.5. The van der Waals surface area contributed by atoms with Crippen LogP contribution in [0.25, 0.3) is 15.9 Å². The van der Waals surface area contributed by atoms with Crippen LogP contribution >= 0.6 is 23.6 Å². The molecule has 3 heterocycles. The van der Waals surface area contributed by atoms with Gasteiger partial charge in [0.15, 0.2) is 4.77 Å². The Labute approximate surface area is 148 Å². The molecular weight excluding hydrogens is 342 g/mol. The van der Waals surface area contributed by atoms with Crippen LogP contribution in [-0.2, 0) is 13.0 Å². The van der Waals surface area contributed by atoms with Gasteiger partial charge in [-0.3, -0.25) is 9.36 Å². The summed E-state index contributed by atoms with van der Waals surface area (Å²) in [6, 6.07) is 7.38. The Balaban J connectivity index is 1.96. The first-order valence-corrected chi connectivity index (χ1v) is 9.06. The zero-order valence-corrected chi connectivity index (χ0v) is 15.1. The highest BCUT2D eigenvalue weighted by Crippen LogP contribution is 2.29. The van der Waals surface area contributed by atoms with E-state index in [1.54, 1.807) is 23.0 Å². The third-order valence-electron chi connectivity index (χ3n) is 4.53. The van der Waals surface area contributed by atoms with Gasteiger partial charge in [-0.15, -0.1) is 11.3 Å². The molecule has 3 aromatic rings. The fraction of sp³-hybridized carbons (Fsp3) is 0.294. The first-order valence-electron chi connectivity index (χ1n) is 7.84. The molecule has 5 nitrogen and oxygen atoms in total. The number of methoxy groups -OCH3 is 1. The average molecular weight is 360 g/mol. The number of quaternary nitrogens is 1. The van der Waals surface area contributed by atoms with E-state index in [0.717, 1.165) is 41.2 Å². The maximum absolute atomic E-state index is 13.2. The largest absolute Gasteiger partial charge is 0.497 e. The van der Waals surface area contributed by atoms with Gasteiger partial charge in [0.1, 0.15) is 17.1 Å². The Morgan fingerprint density at radius 2 is 2.08 bits per heavy atom. The van der Waals surface area contributed by atoms with Crippen LogP contribution in [0.2, 0.25) is 0 Å². The standard InChI is InChI=1S/C17H17N3O2S2/c1-19-8-7-12-13(9-19)24-15-14(12)16(21)20(17(23)18-15)10-3-5-11(22-2)6-4-10/h3-6H,7-9H2,1-2H3,(H,18,23)/p+1. The number of benzene rings is 1. The van der Waals surface area contributed by atoms with Crippen LogP contribution < -0.4 is 15.2 Å². The molecule has 2 aromatic heterocycles. The number of hydrogen-bond acceptors (Lipinski definition) is 4. The zero-order chi connectivity index (χ0) is 16.8. The maximum atomic E-state index is 13.2. The molecule has 0 spiro atoms. The van der Waals surface area contributed by atoms with E-state index in [-0.39, 0.29) is 5.56 Å². The van der Waals surface area contributed by atoms with E-state index >= 15 is 0 Å². The van der Waals surface area contributed by atoms with Crippen molar-refractivity contribution in [3.8, 4) is 11.4 Å². The fourth-order valence-electron chi connectivity index (χ4n) is 3.26. The predicted octanol–water partition coefficient (Wildman–Crippen LogP) is 1.69. The van der Waals surface area contributed by atoms with Crippen LogP contribution in [0, 0.1) is 4.77 Å². The van der Waals surface area contributed by atoms with E-state index in [1.807, 2.05) is 24.3 Å². The van der Waals surface area contributed by atoms with Crippen LogP contribution in [0.1, 0.15) is 10.4 Å². The van der Waals surface area contributed by atoms with Gasteiger partial charge < -0.3 is 14.6 Å². The van der Waals surface area contributed by atoms with Gasteiger partial charge in [0.2, 0.25) is 0 Å². The summed E-state index contributed by atoms with van der Waals surface area (Å²) in [6.45, 7) is 2.02. The Morgan fingerprint density at radius 3 is 2.79 bits per heavy atom. The Bertz CT molecular complexity index is 1030.